The van der Waals surface area contributed by atoms with Crippen LogP contribution in [0.4, 0.5) is 8.78 Å². The van der Waals surface area contributed by atoms with Crippen LogP contribution in [-0.4, -0.2) is 29.3 Å². The third kappa shape index (κ3) is 4.65. The van der Waals surface area contributed by atoms with E-state index in [0.717, 1.165) is 17.0 Å². The zero-order valence-corrected chi connectivity index (χ0v) is 16.5. The molecule has 0 aliphatic carbocycles. The van der Waals surface area contributed by atoms with Crippen LogP contribution in [0.2, 0.25) is 0 Å². The Balaban J connectivity index is 1.83. The summed E-state index contributed by atoms with van der Waals surface area (Å²) < 4.78 is 26.9. The number of piperazine rings is 1. The van der Waals surface area contributed by atoms with E-state index in [2.05, 4.69) is 5.32 Å². The van der Waals surface area contributed by atoms with Crippen molar-refractivity contribution in [3.8, 4) is 0 Å². The second-order valence-corrected chi connectivity index (χ2v) is 8.19. The second-order valence-electron chi connectivity index (χ2n) is 7.21. The molecule has 2 amide bonds. The molecule has 1 aliphatic heterocycles. The van der Waals surface area contributed by atoms with Crippen molar-refractivity contribution in [3.05, 3.63) is 63.9 Å². The molecule has 2 heterocycles. The third-order valence-corrected chi connectivity index (χ3v) is 5.59. The van der Waals surface area contributed by atoms with Gasteiger partial charge in [-0.05, 0) is 42.0 Å². The number of nitrogens with one attached hydrogen (secondary N) is 1. The van der Waals surface area contributed by atoms with Crippen LogP contribution < -0.4 is 5.32 Å². The summed E-state index contributed by atoms with van der Waals surface area (Å²) in [6.07, 6.45) is 3.09. The van der Waals surface area contributed by atoms with Crippen molar-refractivity contribution in [2.24, 2.45) is 5.92 Å². The Kier molecular flexibility index (Phi) is 6.24. The van der Waals surface area contributed by atoms with Crippen LogP contribution in [0.5, 0.6) is 0 Å². The lowest BCUT2D eigenvalue weighted by Crippen LogP contribution is -2.58. The molecule has 0 spiro atoms. The molecule has 2 atom stereocenters. The van der Waals surface area contributed by atoms with Crippen molar-refractivity contribution in [2.75, 3.05) is 6.54 Å². The summed E-state index contributed by atoms with van der Waals surface area (Å²) in [5, 5.41) is 4.92. The maximum Gasteiger partial charge on any atom is 0.247 e. The van der Waals surface area contributed by atoms with Gasteiger partial charge in [-0.1, -0.05) is 19.9 Å². The van der Waals surface area contributed by atoms with Gasteiger partial charge in [0.2, 0.25) is 11.8 Å². The average molecular weight is 404 g/mol. The van der Waals surface area contributed by atoms with Gasteiger partial charge in [-0.25, -0.2) is 8.78 Å². The molecule has 1 aliphatic rings. The third-order valence-electron chi connectivity index (χ3n) is 4.61. The SMILES string of the molecule is CC(C)CC1C(=O)NC(c2cccs2)CN1C(=O)C=Cc1ccc(F)cc1F. The summed E-state index contributed by atoms with van der Waals surface area (Å²) in [6.45, 7) is 4.33. The van der Waals surface area contributed by atoms with Crippen molar-refractivity contribution in [2.45, 2.75) is 32.4 Å². The molecular formula is C21H22F2N2O2S. The van der Waals surface area contributed by atoms with E-state index in [1.54, 1.807) is 4.90 Å². The highest BCUT2D eigenvalue weighted by atomic mass is 32.1. The average Bonchev–Trinajstić information content (AvgIpc) is 3.16. The van der Waals surface area contributed by atoms with Gasteiger partial charge < -0.3 is 10.2 Å². The predicted molar refractivity (Wildman–Crippen MR) is 106 cm³/mol. The van der Waals surface area contributed by atoms with Crippen LogP contribution in [-0.2, 0) is 9.59 Å². The lowest BCUT2D eigenvalue weighted by Gasteiger charge is -2.39. The predicted octanol–water partition coefficient (Wildman–Crippen LogP) is 4.15. The molecule has 1 N–H and O–H groups in total. The summed E-state index contributed by atoms with van der Waals surface area (Å²) in [4.78, 5) is 28.1. The molecule has 1 aromatic carbocycles. The Morgan fingerprint density at radius 1 is 1.36 bits per heavy atom. The lowest BCUT2D eigenvalue weighted by atomic mass is 9.97. The fraction of sp³-hybridized carbons (Fsp3) is 0.333. The fourth-order valence-corrected chi connectivity index (χ4v) is 4.02. The van der Waals surface area contributed by atoms with Gasteiger partial charge in [0.25, 0.3) is 0 Å². The minimum absolute atomic E-state index is 0.117. The second kappa shape index (κ2) is 8.65. The number of benzene rings is 1. The highest BCUT2D eigenvalue weighted by Crippen LogP contribution is 2.27. The van der Waals surface area contributed by atoms with Crippen molar-refractivity contribution in [1.29, 1.82) is 0 Å². The molecule has 1 fully saturated rings. The standard InChI is InChI=1S/C21H22F2N2O2S/c1-13(2)10-18-21(27)24-17(19-4-3-9-28-19)12-25(18)20(26)8-6-14-5-7-15(22)11-16(14)23/h3-9,11,13,17-18H,10,12H2,1-2H3,(H,24,27). The number of halogens is 2. The van der Waals surface area contributed by atoms with Crippen LogP contribution in [0.15, 0.2) is 41.8 Å². The van der Waals surface area contributed by atoms with E-state index < -0.39 is 17.7 Å². The molecule has 1 saturated heterocycles. The van der Waals surface area contributed by atoms with E-state index in [0.29, 0.717) is 13.0 Å². The van der Waals surface area contributed by atoms with Gasteiger partial charge in [0, 0.05) is 29.1 Å². The first-order chi connectivity index (χ1) is 13.3. The van der Waals surface area contributed by atoms with Gasteiger partial charge in [0.1, 0.15) is 17.7 Å². The number of hydrogen-bond donors (Lipinski definition) is 1. The van der Waals surface area contributed by atoms with Crippen LogP contribution >= 0.6 is 11.3 Å². The van der Waals surface area contributed by atoms with Gasteiger partial charge in [0.05, 0.1) is 6.04 Å². The molecule has 7 heteroatoms. The summed E-state index contributed by atoms with van der Waals surface area (Å²) in [5.74, 6) is -1.75. The summed E-state index contributed by atoms with van der Waals surface area (Å²) >= 11 is 1.52. The molecule has 0 bridgehead atoms. The Hall–Kier alpha value is -2.54. The zero-order valence-electron chi connectivity index (χ0n) is 15.7. The summed E-state index contributed by atoms with van der Waals surface area (Å²) in [7, 11) is 0. The first-order valence-corrected chi connectivity index (χ1v) is 10.0. The minimum atomic E-state index is -0.740. The highest BCUT2D eigenvalue weighted by Gasteiger charge is 2.37. The molecule has 0 saturated carbocycles. The molecule has 2 unspecified atom stereocenters. The Morgan fingerprint density at radius 2 is 2.14 bits per heavy atom. The molecule has 148 valence electrons. The number of carbonyl (C=O) groups is 2. The Labute approximate surface area is 166 Å². The van der Waals surface area contributed by atoms with Crippen LogP contribution in [0.25, 0.3) is 6.08 Å². The maximum absolute atomic E-state index is 13.8. The van der Waals surface area contributed by atoms with E-state index in [-0.39, 0.29) is 29.3 Å². The van der Waals surface area contributed by atoms with Crippen molar-refractivity contribution < 1.29 is 18.4 Å². The van der Waals surface area contributed by atoms with Gasteiger partial charge in [-0.3, -0.25) is 9.59 Å². The first-order valence-electron chi connectivity index (χ1n) is 9.12. The normalized spacial score (nSPS) is 20.0. The number of rotatable bonds is 5. The van der Waals surface area contributed by atoms with Gasteiger partial charge >= 0.3 is 0 Å². The quantitative estimate of drug-likeness (QED) is 0.761. The highest BCUT2D eigenvalue weighted by molar-refractivity contribution is 7.10. The van der Waals surface area contributed by atoms with Gasteiger partial charge in [0.15, 0.2) is 0 Å². The van der Waals surface area contributed by atoms with Crippen molar-refractivity contribution in [3.63, 3.8) is 0 Å². The van der Waals surface area contributed by atoms with E-state index in [1.807, 2.05) is 31.4 Å². The number of amides is 2. The first kappa shape index (κ1) is 20.2. The van der Waals surface area contributed by atoms with Crippen molar-refractivity contribution in [1.82, 2.24) is 10.2 Å². The topological polar surface area (TPSA) is 49.4 Å². The Bertz CT molecular complexity index is 881. The number of carbonyl (C=O) groups excluding carboxylic acids is 2. The number of nitrogens with zero attached hydrogens (tertiary/aromatic N) is 1. The largest absolute Gasteiger partial charge is 0.345 e. The molecule has 1 aromatic heterocycles. The minimum Gasteiger partial charge on any atom is -0.345 e. The van der Waals surface area contributed by atoms with Gasteiger partial charge in [-0.15, -0.1) is 11.3 Å². The zero-order chi connectivity index (χ0) is 20.3. The maximum atomic E-state index is 13.8. The lowest BCUT2D eigenvalue weighted by molar-refractivity contribution is -0.142. The van der Waals surface area contributed by atoms with Crippen LogP contribution in [0.1, 0.15) is 36.8 Å². The molecular weight excluding hydrogens is 382 g/mol. The van der Waals surface area contributed by atoms with Crippen molar-refractivity contribution >= 4 is 29.2 Å². The summed E-state index contributed by atoms with van der Waals surface area (Å²) in [5.41, 5.74) is 0.117. The molecule has 0 radical (unpaired) electrons. The summed E-state index contributed by atoms with van der Waals surface area (Å²) in [6, 6.07) is 6.16. The number of thiophene rings is 1. The van der Waals surface area contributed by atoms with E-state index in [9.17, 15) is 18.4 Å². The van der Waals surface area contributed by atoms with E-state index >= 15 is 0 Å². The molecule has 28 heavy (non-hydrogen) atoms. The molecule has 3 rings (SSSR count). The molecule has 4 nitrogen and oxygen atoms in total. The van der Waals surface area contributed by atoms with Crippen LogP contribution in [0, 0.1) is 17.6 Å². The number of hydrogen-bond acceptors (Lipinski definition) is 3. The fourth-order valence-electron chi connectivity index (χ4n) is 3.25. The monoisotopic (exact) mass is 404 g/mol. The molecule has 2 aromatic rings. The van der Waals surface area contributed by atoms with E-state index in [1.165, 1.54) is 29.6 Å². The van der Waals surface area contributed by atoms with E-state index in [4.69, 9.17) is 0 Å². The smallest absolute Gasteiger partial charge is 0.247 e. The van der Waals surface area contributed by atoms with Gasteiger partial charge in [-0.2, -0.15) is 0 Å². The Morgan fingerprint density at radius 3 is 2.79 bits per heavy atom. The van der Waals surface area contributed by atoms with Crippen LogP contribution in [0.3, 0.4) is 0 Å².